The van der Waals surface area contributed by atoms with Crippen molar-refractivity contribution in [3.63, 3.8) is 0 Å². The molecule has 0 aliphatic carbocycles. The number of hydrogen-bond acceptors (Lipinski definition) is 6. The zero-order chi connectivity index (χ0) is 20.9. The number of ether oxygens (including phenoxy) is 1. The van der Waals surface area contributed by atoms with E-state index >= 15 is 0 Å². The van der Waals surface area contributed by atoms with Crippen molar-refractivity contribution in [3.8, 4) is 17.0 Å². The molecule has 2 aromatic heterocycles. The van der Waals surface area contributed by atoms with E-state index in [0.717, 1.165) is 21.5 Å². The lowest BCUT2D eigenvalue weighted by Gasteiger charge is -2.09. The van der Waals surface area contributed by atoms with Crippen LogP contribution < -0.4 is 15.6 Å². The van der Waals surface area contributed by atoms with Gasteiger partial charge in [-0.25, -0.2) is 9.67 Å². The van der Waals surface area contributed by atoms with Gasteiger partial charge in [0.1, 0.15) is 5.75 Å². The summed E-state index contributed by atoms with van der Waals surface area (Å²) in [5.74, 6) is 0.592. The van der Waals surface area contributed by atoms with Crippen LogP contribution in [0, 0.1) is 0 Å². The minimum absolute atomic E-state index is 0.194. The first-order chi connectivity index (χ1) is 14.6. The number of nitrogens with one attached hydrogen (secondary N) is 1. The van der Waals surface area contributed by atoms with Crippen LogP contribution in [-0.4, -0.2) is 33.8 Å². The number of amides is 1. The molecule has 0 aliphatic rings. The first-order valence-electron chi connectivity index (χ1n) is 9.57. The lowest BCUT2D eigenvalue weighted by Crippen LogP contribution is -2.31. The van der Waals surface area contributed by atoms with Crippen LogP contribution in [0.5, 0.6) is 5.75 Å². The molecule has 0 saturated carbocycles. The molecule has 2 aromatic carbocycles. The zero-order valence-electron chi connectivity index (χ0n) is 16.4. The van der Waals surface area contributed by atoms with Gasteiger partial charge < -0.3 is 10.1 Å². The molecule has 8 heteroatoms. The fourth-order valence-corrected chi connectivity index (χ4v) is 3.74. The van der Waals surface area contributed by atoms with Crippen molar-refractivity contribution >= 4 is 27.5 Å². The highest BCUT2D eigenvalue weighted by molar-refractivity contribution is 7.16. The van der Waals surface area contributed by atoms with Crippen molar-refractivity contribution in [1.82, 2.24) is 20.1 Å². The fourth-order valence-electron chi connectivity index (χ4n) is 3.03. The third kappa shape index (κ3) is 4.38. The van der Waals surface area contributed by atoms with Crippen LogP contribution in [0.4, 0.5) is 0 Å². The highest BCUT2D eigenvalue weighted by atomic mass is 32.1. The Hall–Kier alpha value is -3.52. The molecule has 30 heavy (non-hydrogen) atoms. The van der Waals surface area contributed by atoms with Crippen molar-refractivity contribution in [2.45, 2.75) is 13.5 Å². The molecule has 0 aliphatic heterocycles. The van der Waals surface area contributed by atoms with Gasteiger partial charge in [-0.2, -0.15) is 5.10 Å². The molecule has 0 radical (unpaired) electrons. The van der Waals surface area contributed by atoms with Gasteiger partial charge >= 0.3 is 0 Å². The van der Waals surface area contributed by atoms with Crippen molar-refractivity contribution in [1.29, 1.82) is 0 Å². The van der Waals surface area contributed by atoms with E-state index in [1.54, 1.807) is 17.6 Å². The Morgan fingerprint density at radius 2 is 1.97 bits per heavy atom. The maximum absolute atomic E-state index is 12.4. The monoisotopic (exact) mass is 420 g/mol. The molecule has 7 nitrogen and oxygen atoms in total. The van der Waals surface area contributed by atoms with Crippen molar-refractivity contribution in [2.24, 2.45) is 0 Å². The molecular weight excluding hydrogens is 400 g/mol. The summed E-state index contributed by atoms with van der Waals surface area (Å²) >= 11 is 1.49. The Balaban J connectivity index is 1.42. The van der Waals surface area contributed by atoms with E-state index in [1.807, 2.05) is 43.3 Å². The Labute approximate surface area is 177 Å². The summed E-state index contributed by atoms with van der Waals surface area (Å²) in [4.78, 5) is 28.8. The first kappa shape index (κ1) is 19.8. The summed E-state index contributed by atoms with van der Waals surface area (Å²) in [5, 5.41) is 7.27. The Morgan fingerprint density at radius 1 is 1.13 bits per heavy atom. The van der Waals surface area contributed by atoms with Gasteiger partial charge in [-0.05, 0) is 55.5 Å². The van der Waals surface area contributed by atoms with E-state index in [2.05, 4.69) is 15.4 Å². The van der Waals surface area contributed by atoms with Crippen LogP contribution in [0.1, 0.15) is 17.3 Å². The molecule has 4 aromatic rings. The van der Waals surface area contributed by atoms with E-state index in [-0.39, 0.29) is 18.0 Å². The van der Waals surface area contributed by atoms with Crippen LogP contribution in [0.15, 0.2) is 64.9 Å². The van der Waals surface area contributed by atoms with Gasteiger partial charge in [-0.1, -0.05) is 0 Å². The molecule has 0 bridgehead atoms. The van der Waals surface area contributed by atoms with E-state index in [9.17, 15) is 9.59 Å². The number of benzene rings is 2. The zero-order valence-corrected chi connectivity index (χ0v) is 17.2. The summed E-state index contributed by atoms with van der Waals surface area (Å²) in [7, 11) is 0. The highest BCUT2D eigenvalue weighted by Gasteiger charge is 2.08. The number of thiazole rings is 1. The smallest absolute Gasteiger partial charge is 0.266 e. The predicted octanol–water partition coefficient (Wildman–Crippen LogP) is 3.35. The van der Waals surface area contributed by atoms with Crippen molar-refractivity contribution in [3.05, 3.63) is 76.0 Å². The van der Waals surface area contributed by atoms with Gasteiger partial charge in [0.15, 0.2) is 0 Å². The van der Waals surface area contributed by atoms with Crippen LogP contribution in [0.2, 0.25) is 0 Å². The lowest BCUT2D eigenvalue weighted by molar-refractivity contribution is 0.0952. The molecule has 0 atom stereocenters. The fraction of sp³-hybridized carbons (Fsp3) is 0.182. The minimum Gasteiger partial charge on any atom is -0.494 e. The number of carbonyl (C=O) groups excluding carboxylic acids is 1. The van der Waals surface area contributed by atoms with Gasteiger partial charge in [0.05, 0.1) is 34.6 Å². The number of carbonyl (C=O) groups is 1. The molecule has 1 N–H and O–H groups in total. The Bertz CT molecular complexity index is 1230. The summed E-state index contributed by atoms with van der Waals surface area (Å²) in [5.41, 5.74) is 4.54. The Kier molecular flexibility index (Phi) is 5.85. The van der Waals surface area contributed by atoms with Crippen LogP contribution in [-0.2, 0) is 6.54 Å². The van der Waals surface area contributed by atoms with E-state index in [0.29, 0.717) is 24.4 Å². The number of rotatable bonds is 7. The summed E-state index contributed by atoms with van der Waals surface area (Å²) in [6, 6.07) is 16.1. The van der Waals surface area contributed by atoms with E-state index < -0.39 is 0 Å². The second-order valence-electron chi connectivity index (χ2n) is 6.53. The van der Waals surface area contributed by atoms with Gasteiger partial charge in [-0.15, -0.1) is 11.3 Å². The van der Waals surface area contributed by atoms with Gasteiger partial charge in [0.25, 0.3) is 11.5 Å². The maximum Gasteiger partial charge on any atom is 0.266 e. The van der Waals surface area contributed by atoms with Gasteiger partial charge in [0.2, 0.25) is 0 Å². The molecule has 1 amide bonds. The van der Waals surface area contributed by atoms with Crippen LogP contribution in [0.3, 0.4) is 0 Å². The normalized spacial score (nSPS) is 10.8. The molecule has 4 rings (SSSR count). The number of aromatic nitrogens is 3. The molecule has 2 heterocycles. The molecular formula is C22H20N4O3S. The summed E-state index contributed by atoms with van der Waals surface area (Å²) < 4.78 is 7.77. The highest BCUT2D eigenvalue weighted by Crippen LogP contribution is 2.20. The third-order valence-corrected chi connectivity index (χ3v) is 5.32. The SMILES string of the molecule is CCOc1ccc(-c2ccc(=O)n(CCNC(=O)c3ccc4ncsc4c3)n2)cc1. The van der Waals surface area contributed by atoms with E-state index in [1.165, 1.54) is 22.1 Å². The number of fused-ring (bicyclic) bond motifs is 1. The maximum atomic E-state index is 12.4. The summed E-state index contributed by atoms with van der Waals surface area (Å²) in [6.07, 6.45) is 0. The number of hydrogen-bond donors (Lipinski definition) is 1. The average molecular weight is 420 g/mol. The second-order valence-corrected chi connectivity index (χ2v) is 7.41. The molecule has 0 spiro atoms. The molecule has 0 unspecified atom stereocenters. The largest absolute Gasteiger partial charge is 0.494 e. The van der Waals surface area contributed by atoms with Gasteiger partial charge in [0, 0.05) is 23.7 Å². The van der Waals surface area contributed by atoms with Crippen LogP contribution >= 0.6 is 11.3 Å². The lowest BCUT2D eigenvalue weighted by atomic mass is 10.1. The Morgan fingerprint density at radius 3 is 2.77 bits per heavy atom. The molecule has 152 valence electrons. The first-order valence-corrected chi connectivity index (χ1v) is 10.4. The second kappa shape index (κ2) is 8.87. The van der Waals surface area contributed by atoms with E-state index in [4.69, 9.17) is 4.74 Å². The number of nitrogens with zero attached hydrogens (tertiary/aromatic N) is 3. The topological polar surface area (TPSA) is 86.1 Å². The minimum atomic E-state index is -0.218. The van der Waals surface area contributed by atoms with Crippen LogP contribution in [0.25, 0.3) is 21.5 Å². The predicted molar refractivity (Wildman–Crippen MR) is 117 cm³/mol. The average Bonchev–Trinajstić information content (AvgIpc) is 3.24. The molecule has 0 fully saturated rings. The molecule has 0 saturated heterocycles. The van der Waals surface area contributed by atoms with Crippen molar-refractivity contribution < 1.29 is 9.53 Å². The quantitative estimate of drug-likeness (QED) is 0.496. The van der Waals surface area contributed by atoms with Gasteiger partial charge in [-0.3, -0.25) is 9.59 Å². The van der Waals surface area contributed by atoms with Crippen molar-refractivity contribution in [2.75, 3.05) is 13.2 Å². The standard InChI is InChI=1S/C22H20N4O3S/c1-2-29-17-6-3-15(4-7-17)18-9-10-21(27)26(25-18)12-11-23-22(28)16-5-8-19-20(13-16)30-14-24-19/h3-10,13-14H,2,11-12H2,1H3,(H,23,28). The third-order valence-electron chi connectivity index (χ3n) is 4.53. The summed E-state index contributed by atoms with van der Waals surface area (Å²) in [6.45, 7) is 3.10.